The number of hydrogen-bond donors (Lipinski definition) is 1. The molecule has 1 heterocycles. The van der Waals surface area contributed by atoms with Gasteiger partial charge in [-0.05, 0) is 44.5 Å². The van der Waals surface area contributed by atoms with Crippen molar-refractivity contribution in [1.29, 1.82) is 0 Å². The van der Waals surface area contributed by atoms with Crippen LogP contribution in [0.25, 0.3) is 5.69 Å². The van der Waals surface area contributed by atoms with E-state index < -0.39 is 0 Å². The van der Waals surface area contributed by atoms with Gasteiger partial charge in [0.15, 0.2) is 0 Å². The Kier molecular flexibility index (Phi) is 4.49. The number of hydrogen-bond acceptors (Lipinski definition) is 3. The van der Waals surface area contributed by atoms with Gasteiger partial charge in [0, 0.05) is 0 Å². The molecule has 5 heteroatoms. The average Bonchev–Trinajstić information content (AvgIpc) is 2.86. The van der Waals surface area contributed by atoms with E-state index in [0.29, 0.717) is 0 Å². The molecule has 0 spiro atoms. The summed E-state index contributed by atoms with van der Waals surface area (Å²) in [5.74, 6) is -0.259. The van der Waals surface area contributed by atoms with Gasteiger partial charge in [-0.1, -0.05) is 25.1 Å². The maximum Gasteiger partial charge on any atom is 0.125 e. The lowest BCUT2D eigenvalue weighted by molar-refractivity contribution is 0.555. The molecule has 2 rings (SSSR count). The SMILES string of the molecule is CCc1c(C(CC)NC)nnn1-c1cc(F)ccc1C. The van der Waals surface area contributed by atoms with Crippen molar-refractivity contribution < 1.29 is 4.39 Å². The van der Waals surface area contributed by atoms with E-state index in [-0.39, 0.29) is 11.9 Å². The zero-order valence-electron chi connectivity index (χ0n) is 12.4. The Hall–Kier alpha value is -1.75. The van der Waals surface area contributed by atoms with Crippen LogP contribution in [0.5, 0.6) is 0 Å². The zero-order chi connectivity index (χ0) is 14.7. The number of aryl methyl sites for hydroxylation is 1. The van der Waals surface area contributed by atoms with Crippen LogP contribution in [0, 0.1) is 12.7 Å². The molecule has 4 nitrogen and oxygen atoms in total. The van der Waals surface area contributed by atoms with E-state index in [2.05, 4.69) is 29.5 Å². The summed E-state index contributed by atoms with van der Waals surface area (Å²) in [6, 6.07) is 4.91. The average molecular weight is 276 g/mol. The van der Waals surface area contributed by atoms with Gasteiger partial charge in [0.2, 0.25) is 0 Å². The lowest BCUT2D eigenvalue weighted by Crippen LogP contribution is -2.17. The fourth-order valence-corrected chi connectivity index (χ4v) is 2.45. The minimum absolute atomic E-state index is 0.174. The summed E-state index contributed by atoms with van der Waals surface area (Å²) in [4.78, 5) is 0. The van der Waals surface area contributed by atoms with Crippen molar-refractivity contribution in [2.75, 3.05) is 7.05 Å². The second kappa shape index (κ2) is 6.13. The molecule has 2 aromatic rings. The molecule has 0 aliphatic carbocycles. The highest BCUT2D eigenvalue weighted by atomic mass is 19.1. The molecule has 1 aromatic heterocycles. The Morgan fingerprint density at radius 3 is 2.70 bits per heavy atom. The molecule has 0 bridgehead atoms. The molecular weight excluding hydrogens is 255 g/mol. The quantitative estimate of drug-likeness (QED) is 0.913. The van der Waals surface area contributed by atoms with Crippen molar-refractivity contribution in [2.24, 2.45) is 0 Å². The minimum Gasteiger partial charge on any atom is -0.312 e. The van der Waals surface area contributed by atoms with Gasteiger partial charge in [0.25, 0.3) is 0 Å². The van der Waals surface area contributed by atoms with Crippen LogP contribution in [0.15, 0.2) is 18.2 Å². The second-order valence-corrected chi connectivity index (χ2v) is 4.87. The minimum atomic E-state index is -0.259. The molecular formula is C15H21FN4. The molecule has 108 valence electrons. The highest BCUT2D eigenvalue weighted by Gasteiger charge is 2.19. The third-order valence-corrected chi connectivity index (χ3v) is 3.61. The summed E-state index contributed by atoms with van der Waals surface area (Å²) >= 11 is 0. The summed E-state index contributed by atoms with van der Waals surface area (Å²) in [5, 5.41) is 11.8. The molecule has 0 fully saturated rings. The first kappa shape index (κ1) is 14.7. The van der Waals surface area contributed by atoms with Crippen LogP contribution in [0.4, 0.5) is 4.39 Å². The van der Waals surface area contributed by atoms with Crippen molar-refractivity contribution in [3.05, 3.63) is 41.0 Å². The summed E-state index contributed by atoms with van der Waals surface area (Å²) < 4.78 is 15.3. The van der Waals surface area contributed by atoms with Crippen LogP contribution in [-0.4, -0.2) is 22.0 Å². The monoisotopic (exact) mass is 276 g/mol. The Bertz CT molecular complexity index is 588. The lowest BCUT2D eigenvalue weighted by atomic mass is 10.1. The molecule has 1 N–H and O–H groups in total. The van der Waals surface area contributed by atoms with Crippen molar-refractivity contribution in [3.63, 3.8) is 0 Å². The normalized spacial score (nSPS) is 12.7. The second-order valence-electron chi connectivity index (χ2n) is 4.87. The topological polar surface area (TPSA) is 42.7 Å². The van der Waals surface area contributed by atoms with Crippen LogP contribution in [0.1, 0.15) is 43.3 Å². The first-order chi connectivity index (χ1) is 9.62. The Morgan fingerprint density at radius 1 is 1.35 bits per heavy atom. The predicted molar refractivity (Wildman–Crippen MR) is 77.5 cm³/mol. The Labute approximate surface area is 119 Å². The van der Waals surface area contributed by atoms with Crippen LogP contribution in [0.3, 0.4) is 0 Å². The number of benzene rings is 1. The van der Waals surface area contributed by atoms with E-state index in [1.54, 1.807) is 10.7 Å². The molecule has 0 saturated carbocycles. The smallest absolute Gasteiger partial charge is 0.125 e. The standard InChI is InChI=1S/C15H21FN4/c1-5-12(17-4)15-13(6-2)20(19-18-15)14-9-11(16)8-7-10(14)3/h7-9,12,17H,5-6H2,1-4H3. The van der Waals surface area contributed by atoms with Gasteiger partial charge in [-0.25, -0.2) is 9.07 Å². The molecule has 0 radical (unpaired) electrons. The van der Waals surface area contributed by atoms with E-state index >= 15 is 0 Å². The van der Waals surface area contributed by atoms with Gasteiger partial charge in [-0.3, -0.25) is 0 Å². The third-order valence-electron chi connectivity index (χ3n) is 3.61. The lowest BCUT2D eigenvalue weighted by Gasteiger charge is -2.14. The van der Waals surface area contributed by atoms with Crippen LogP contribution < -0.4 is 5.32 Å². The van der Waals surface area contributed by atoms with E-state index in [1.165, 1.54) is 12.1 Å². The summed E-state index contributed by atoms with van der Waals surface area (Å²) in [7, 11) is 1.92. The molecule has 1 atom stereocenters. The molecule has 0 saturated heterocycles. The Morgan fingerprint density at radius 2 is 2.10 bits per heavy atom. The van der Waals surface area contributed by atoms with Gasteiger partial charge < -0.3 is 5.32 Å². The molecule has 20 heavy (non-hydrogen) atoms. The highest BCUT2D eigenvalue weighted by molar-refractivity contribution is 5.41. The van der Waals surface area contributed by atoms with E-state index in [9.17, 15) is 4.39 Å². The fraction of sp³-hybridized carbons (Fsp3) is 0.467. The number of aromatic nitrogens is 3. The zero-order valence-corrected chi connectivity index (χ0v) is 12.4. The van der Waals surface area contributed by atoms with Gasteiger partial charge in [0.1, 0.15) is 11.5 Å². The van der Waals surface area contributed by atoms with Crippen molar-refractivity contribution in [3.8, 4) is 5.69 Å². The summed E-state index contributed by atoms with van der Waals surface area (Å²) in [5.41, 5.74) is 3.71. The van der Waals surface area contributed by atoms with Crippen molar-refractivity contribution in [2.45, 2.75) is 39.7 Å². The first-order valence-corrected chi connectivity index (χ1v) is 7.00. The van der Waals surface area contributed by atoms with Crippen LogP contribution in [0.2, 0.25) is 0 Å². The number of halogens is 1. The van der Waals surface area contributed by atoms with E-state index in [0.717, 1.165) is 35.5 Å². The van der Waals surface area contributed by atoms with Gasteiger partial charge in [-0.15, -0.1) is 5.10 Å². The van der Waals surface area contributed by atoms with Gasteiger partial charge >= 0.3 is 0 Å². The van der Waals surface area contributed by atoms with Crippen molar-refractivity contribution >= 4 is 0 Å². The maximum absolute atomic E-state index is 13.5. The van der Waals surface area contributed by atoms with Crippen LogP contribution in [-0.2, 0) is 6.42 Å². The number of nitrogens with one attached hydrogen (secondary N) is 1. The number of rotatable bonds is 5. The summed E-state index contributed by atoms with van der Waals surface area (Å²) in [6.45, 7) is 6.12. The van der Waals surface area contributed by atoms with E-state index in [1.807, 2.05) is 14.0 Å². The van der Waals surface area contributed by atoms with Crippen molar-refractivity contribution in [1.82, 2.24) is 20.3 Å². The molecule has 1 unspecified atom stereocenters. The molecule has 0 aliphatic rings. The Balaban J connectivity index is 2.55. The summed E-state index contributed by atoms with van der Waals surface area (Å²) in [6.07, 6.45) is 1.74. The first-order valence-electron chi connectivity index (χ1n) is 7.00. The van der Waals surface area contributed by atoms with Gasteiger partial charge in [0.05, 0.1) is 17.4 Å². The van der Waals surface area contributed by atoms with Gasteiger partial charge in [-0.2, -0.15) is 0 Å². The largest absolute Gasteiger partial charge is 0.312 e. The van der Waals surface area contributed by atoms with E-state index in [4.69, 9.17) is 0 Å². The molecule has 0 amide bonds. The third kappa shape index (κ3) is 2.58. The molecule has 0 aliphatic heterocycles. The fourth-order valence-electron chi connectivity index (χ4n) is 2.45. The van der Waals surface area contributed by atoms with Crippen LogP contribution >= 0.6 is 0 Å². The predicted octanol–water partition coefficient (Wildman–Crippen LogP) is 2.95. The molecule has 1 aromatic carbocycles. The number of nitrogens with zero attached hydrogens (tertiary/aromatic N) is 3. The highest BCUT2D eigenvalue weighted by Crippen LogP contribution is 2.23. The maximum atomic E-state index is 13.5.